The van der Waals surface area contributed by atoms with Crippen LogP contribution in [0.5, 0.6) is 5.75 Å². The van der Waals surface area contributed by atoms with Crippen LogP contribution in [0, 0.1) is 5.92 Å². The molecule has 1 N–H and O–H groups in total. The maximum atomic E-state index is 12.5. The topological polar surface area (TPSA) is 94.8 Å². The Balaban J connectivity index is 1.77. The molecule has 3 aromatic rings. The maximum Gasteiger partial charge on any atom is 0.349 e. The van der Waals surface area contributed by atoms with Crippen molar-refractivity contribution in [1.29, 1.82) is 0 Å². The van der Waals surface area contributed by atoms with Gasteiger partial charge in [-0.3, -0.25) is 4.79 Å². The van der Waals surface area contributed by atoms with E-state index in [0.717, 1.165) is 0 Å². The zero-order valence-corrected chi connectivity index (χ0v) is 16.4. The summed E-state index contributed by atoms with van der Waals surface area (Å²) < 4.78 is 15.5. The van der Waals surface area contributed by atoms with Crippen molar-refractivity contribution in [1.82, 2.24) is 0 Å². The number of methoxy groups -OCH3 is 1. The first-order valence-electron chi connectivity index (χ1n) is 9.08. The van der Waals surface area contributed by atoms with E-state index in [2.05, 4.69) is 5.32 Å². The summed E-state index contributed by atoms with van der Waals surface area (Å²) in [5.74, 6) is -0.219. The summed E-state index contributed by atoms with van der Waals surface area (Å²) in [5, 5.41) is 3.19. The highest BCUT2D eigenvalue weighted by Gasteiger charge is 2.15. The number of amides is 1. The van der Waals surface area contributed by atoms with E-state index in [4.69, 9.17) is 13.9 Å². The highest BCUT2D eigenvalue weighted by Crippen LogP contribution is 2.21. The highest BCUT2D eigenvalue weighted by atomic mass is 16.5. The van der Waals surface area contributed by atoms with Gasteiger partial charge in [0.2, 0.25) is 0 Å². The van der Waals surface area contributed by atoms with Crippen LogP contribution in [0.15, 0.2) is 57.7 Å². The van der Waals surface area contributed by atoms with Gasteiger partial charge in [-0.1, -0.05) is 13.8 Å². The Morgan fingerprint density at radius 3 is 2.45 bits per heavy atom. The fourth-order valence-corrected chi connectivity index (χ4v) is 2.60. The van der Waals surface area contributed by atoms with Crippen molar-refractivity contribution in [3.8, 4) is 5.75 Å². The molecular weight excluding hydrogens is 374 g/mol. The number of benzene rings is 2. The Morgan fingerprint density at radius 1 is 1.07 bits per heavy atom. The minimum absolute atomic E-state index is 0.133. The number of hydrogen-bond donors (Lipinski definition) is 1. The summed E-state index contributed by atoms with van der Waals surface area (Å²) in [6.45, 7) is 4.23. The summed E-state index contributed by atoms with van der Waals surface area (Å²) in [5.41, 5.74) is 0.290. The summed E-state index contributed by atoms with van der Waals surface area (Å²) in [6.07, 6.45) is 0. The number of hydrogen-bond acceptors (Lipinski definition) is 6. The van der Waals surface area contributed by atoms with E-state index in [-0.39, 0.29) is 11.5 Å². The van der Waals surface area contributed by atoms with Gasteiger partial charge in [0.05, 0.1) is 19.3 Å². The first-order valence-corrected chi connectivity index (χ1v) is 9.08. The van der Waals surface area contributed by atoms with Crippen molar-refractivity contribution in [3.63, 3.8) is 0 Å². The second-order valence-corrected chi connectivity index (χ2v) is 6.88. The van der Waals surface area contributed by atoms with Gasteiger partial charge in [-0.15, -0.1) is 0 Å². The van der Waals surface area contributed by atoms with Crippen LogP contribution in [0.1, 0.15) is 34.6 Å². The third-order valence-corrected chi connectivity index (χ3v) is 4.11. The molecule has 3 rings (SSSR count). The van der Waals surface area contributed by atoms with E-state index in [9.17, 15) is 14.4 Å². The third-order valence-electron chi connectivity index (χ3n) is 4.11. The van der Waals surface area contributed by atoms with E-state index < -0.39 is 17.5 Å². The van der Waals surface area contributed by atoms with Crippen LogP contribution in [-0.4, -0.2) is 25.6 Å². The van der Waals surface area contributed by atoms with E-state index in [1.165, 1.54) is 13.2 Å². The van der Waals surface area contributed by atoms with Gasteiger partial charge in [0.1, 0.15) is 16.9 Å². The number of esters is 1. The minimum atomic E-state index is -0.742. The smallest absolute Gasteiger partial charge is 0.349 e. The first-order chi connectivity index (χ1) is 13.9. The molecule has 2 aromatic carbocycles. The molecule has 0 saturated heterocycles. The number of carbonyl (C=O) groups is 2. The standard InChI is InChI=1S/C22H21NO6/c1-13(2)12-28-21(25)14-4-6-16(7-5-14)23-20(24)18-11-15-10-17(27-3)8-9-19(15)29-22(18)26/h4-11,13H,12H2,1-3H3,(H,23,24). The van der Waals surface area contributed by atoms with E-state index in [1.54, 1.807) is 42.5 Å². The molecule has 0 atom stereocenters. The van der Waals surface area contributed by atoms with Gasteiger partial charge >= 0.3 is 11.6 Å². The van der Waals surface area contributed by atoms with E-state index in [1.807, 2.05) is 13.8 Å². The van der Waals surface area contributed by atoms with Crippen molar-refractivity contribution in [2.24, 2.45) is 5.92 Å². The molecule has 1 amide bonds. The summed E-state index contributed by atoms with van der Waals surface area (Å²) in [4.78, 5) is 36.7. The molecule has 7 heteroatoms. The zero-order chi connectivity index (χ0) is 21.0. The first kappa shape index (κ1) is 20.1. The predicted molar refractivity (Wildman–Crippen MR) is 109 cm³/mol. The molecule has 0 unspecified atom stereocenters. The van der Waals surface area contributed by atoms with Gasteiger partial charge in [-0.25, -0.2) is 9.59 Å². The maximum absolute atomic E-state index is 12.5. The molecule has 0 aliphatic rings. The molecule has 0 spiro atoms. The van der Waals surface area contributed by atoms with Crippen molar-refractivity contribution >= 4 is 28.5 Å². The average Bonchev–Trinajstić information content (AvgIpc) is 2.71. The summed E-state index contributed by atoms with van der Waals surface area (Å²) in [6, 6.07) is 12.6. The molecule has 0 radical (unpaired) electrons. The molecular formula is C22H21NO6. The molecule has 0 bridgehead atoms. The number of carbonyl (C=O) groups excluding carboxylic acids is 2. The molecule has 7 nitrogen and oxygen atoms in total. The van der Waals surface area contributed by atoms with Crippen LogP contribution >= 0.6 is 0 Å². The lowest BCUT2D eigenvalue weighted by Crippen LogP contribution is -2.20. The van der Waals surface area contributed by atoms with Crippen molar-refractivity contribution in [2.75, 3.05) is 19.0 Å². The Kier molecular flexibility index (Phi) is 5.97. The summed E-state index contributed by atoms with van der Waals surface area (Å²) in [7, 11) is 1.52. The molecule has 0 saturated carbocycles. The van der Waals surface area contributed by atoms with Crippen LogP contribution in [0.3, 0.4) is 0 Å². The predicted octanol–water partition coefficient (Wildman–Crippen LogP) is 3.87. The van der Waals surface area contributed by atoms with Gasteiger partial charge in [-0.05, 0) is 54.4 Å². The van der Waals surface area contributed by atoms with Gasteiger partial charge in [0, 0.05) is 11.1 Å². The lowest BCUT2D eigenvalue weighted by molar-refractivity contribution is 0.0459. The Bertz CT molecular complexity index is 1100. The van der Waals surface area contributed by atoms with Crippen molar-refractivity contribution in [2.45, 2.75) is 13.8 Å². The summed E-state index contributed by atoms with van der Waals surface area (Å²) >= 11 is 0. The van der Waals surface area contributed by atoms with Gasteiger partial charge < -0.3 is 19.2 Å². The Hall–Kier alpha value is -3.61. The van der Waals surface area contributed by atoms with Crippen LogP contribution in [0.2, 0.25) is 0 Å². The number of fused-ring (bicyclic) bond motifs is 1. The van der Waals surface area contributed by atoms with Gasteiger partial charge in [0.25, 0.3) is 5.91 Å². The Morgan fingerprint density at radius 2 is 1.79 bits per heavy atom. The molecule has 0 aliphatic carbocycles. The number of nitrogens with one attached hydrogen (secondary N) is 1. The van der Waals surface area contributed by atoms with E-state index in [0.29, 0.717) is 34.6 Å². The fraction of sp³-hybridized carbons (Fsp3) is 0.227. The number of anilines is 1. The number of ether oxygens (including phenoxy) is 2. The second kappa shape index (κ2) is 8.60. The van der Waals surface area contributed by atoms with Crippen LogP contribution < -0.4 is 15.7 Å². The van der Waals surface area contributed by atoms with Crippen LogP contribution in [-0.2, 0) is 4.74 Å². The molecule has 150 valence electrons. The quantitative estimate of drug-likeness (QED) is 0.503. The molecule has 1 heterocycles. The normalized spacial score (nSPS) is 10.8. The minimum Gasteiger partial charge on any atom is -0.497 e. The van der Waals surface area contributed by atoms with Gasteiger partial charge in [-0.2, -0.15) is 0 Å². The van der Waals surface area contributed by atoms with Crippen LogP contribution in [0.25, 0.3) is 11.0 Å². The molecule has 29 heavy (non-hydrogen) atoms. The lowest BCUT2D eigenvalue weighted by atomic mass is 10.1. The van der Waals surface area contributed by atoms with Crippen molar-refractivity contribution < 1.29 is 23.5 Å². The molecule has 0 aliphatic heterocycles. The average molecular weight is 395 g/mol. The third kappa shape index (κ3) is 4.82. The Labute approximate surface area is 167 Å². The van der Waals surface area contributed by atoms with Crippen LogP contribution in [0.4, 0.5) is 5.69 Å². The number of rotatable bonds is 6. The largest absolute Gasteiger partial charge is 0.497 e. The SMILES string of the molecule is COc1ccc2oc(=O)c(C(=O)Nc3ccc(C(=O)OCC(C)C)cc3)cc2c1. The molecule has 1 aromatic heterocycles. The molecule has 0 fully saturated rings. The fourth-order valence-electron chi connectivity index (χ4n) is 2.60. The van der Waals surface area contributed by atoms with Gasteiger partial charge in [0.15, 0.2) is 0 Å². The zero-order valence-electron chi connectivity index (χ0n) is 16.4. The lowest BCUT2D eigenvalue weighted by Gasteiger charge is -2.09. The van der Waals surface area contributed by atoms with Crippen molar-refractivity contribution in [3.05, 3.63) is 70.1 Å². The second-order valence-electron chi connectivity index (χ2n) is 6.88. The highest BCUT2D eigenvalue weighted by molar-refractivity contribution is 6.05. The monoisotopic (exact) mass is 395 g/mol. The van der Waals surface area contributed by atoms with E-state index >= 15 is 0 Å².